The van der Waals surface area contributed by atoms with Crippen molar-refractivity contribution in [2.75, 3.05) is 0 Å². The second-order valence-corrected chi connectivity index (χ2v) is 11.9. The summed E-state index contributed by atoms with van der Waals surface area (Å²) in [5.41, 5.74) is 3.11. The van der Waals surface area contributed by atoms with Crippen LogP contribution in [0.2, 0.25) is 0 Å². The van der Waals surface area contributed by atoms with Crippen LogP contribution in [0.1, 0.15) is 65.0 Å². The highest BCUT2D eigenvalue weighted by molar-refractivity contribution is 7.99. The topological polar surface area (TPSA) is 17.3 Å². The first-order valence-corrected chi connectivity index (χ1v) is 12.2. The lowest BCUT2D eigenvalue weighted by Gasteiger charge is -2.35. The molecule has 1 aliphatic carbocycles. The molecule has 33 heavy (non-hydrogen) atoms. The molecule has 0 amide bonds. The number of nitrogens with zero attached hydrogens (tertiary/aromatic N) is 2. The maximum Gasteiger partial charge on any atom is 0.417 e. The molecule has 0 saturated heterocycles. The Hall–Kier alpha value is -2.21. The number of halogens is 3. The van der Waals surface area contributed by atoms with E-state index in [1.54, 1.807) is 30.1 Å². The quantitative estimate of drug-likeness (QED) is 0.268. The van der Waals surface area contributed by atoms with E-state index in [0.29, 0.717) is 5.56 Å². The van der Waals surface area contributed by atoms with E-state index >= 15 is 0 Å². The zero-order chi connectivity index (χ0) is 24.0. The fraction of sp³-hybridized carbons (Fsp3) is 0.444. The highest BCUT2D eigenvalue weighted by atomic mass is 32.2. The number of hydrogen-bond acceptors (Lipinski definition) is 2. The Balaban J connectivity index is 1.82. The number of benzene rings is 2. The molecule has 0 radical (unpaired) electrons. The Bertz CT molecular complexity index is 1190. The van der Waals surface area contributed by atoms with E-state index in [0.717, 1.165) is 34.8 Å². The summed E-state index contributed by atoms with van der Waals surface area (Å²) in [7, 11) is 0. The second-order valence-electron chi connectivity index (χ2n) is 10.6. The van der Waals surface area contributed by atoms with Gasteiger partial charge in [-0.15, -0.1) is 0 Å². The summed E-state index contributed by atoms with van der Waals surface area (Å²) in [4.78, 5) is 0. The molecule has 0 aliphatic heterocycles. The average Bonchev–Trinajstić information content (AvgIpc) is 3.06. The van der Waals surface area contributed by atoms with Crippen LogP contribution in [0.5, 0.6) is 0 Å². The third-order valence-corrected chi connectivity index (χ3v) is 7.49. The largest absolute Gasteiger partial charge is 0.417 e. The van der Waals surface area contributed by atoms with E-state index in [1.165, 1.54) is 25.3 Å². The molecule has 176 valence electrons. The van der Waals surface area contributed by atoms with Gasteiger partial charge in [0.05, 0.1) is 11.3 Å². The Kier molecular flexibility index (Phi) is 6.19. The molecule has 0 bridgehead atoms. The average molecular weight is 473 g/mol. The standard InChI is InChI=1S/C27H31F3N2S/c1-18(31-33-26(5)13-8-14-26)22-16-32(17-25(2,3)4)24-15-19(11-12-21(22)24)20-9-6-7-10-23(20)27(28,29)30/h6-7,9-12,15-16H,8,13-14,17H2,1-5H3. The van der Waals surface area contributed by atoms with Crippen LogP contribution in [0.25, 0.3) is 22.0 Å². The molecule has 0 spiro atoms. The third kappa shape index (κ3) is 5.16. The van der Waals surface area contributed by atoms with E-state index in [4.69, 9.17) is 4.40 Å². The van der Waals surface area contributed by atoms with Gasteiger partial charge in [-0.1, -0.05) is 57.5 Å². The van der Waals surface area contributed by atoms with Crippen molar-refractivity contribution in [1.29, 1.82) is 0 Å². The minimum absolute atomic E-state index is 0.0162. The van der Waals surface area contributed by atoms with Crippen LogP contribution < -0.4 is 0 Å². The molecular weight excluding hydrogens is 441 g/mol. The lowest BCUT2D eigenvalue weighted by Crippen LogP contribution is -2.28. The summed E-state index contributed by atoms with van der Waals surface area (Å²) in [6.07, 6.45) is 1.33. The summed E-state index contributed by atoms with van der Waals surface area (Å²) in [6, 6.07) is 11.4. The van der Waals surface area contributed by atoms with Crippen LogP contribution in [0.4, 0.5) is 13.2 Å². The highest BCUT2D eigenvalue weighted by Crippen LogP contribution is 2.44. The minimum Gasteiger partial charge on any atom is -0.346 e. The van der Waals surface area contributed by atoms with Gasteiger partial charge in [-0.25, -0.2) is 4.40 Å². The number of rotatable bonds is 5. The zero-order valence-corrected chi connectivity index (χ0v) is 20.7. The lowest BCUT2D eigenvalue weighted by molar-refractivity contribution is -0.137. The fourth-order valence-corrected chi connectivity index (χ4v) is 5.29. The van der Waals surface area contributed by atoms with Crippen LogP contribution in [0, 0.1) is 5.41 Å². The number of aromatic nitrogens is 1. The molecule has 3 aromatic rings. The summed E-state index contributed by atoms with van der Waals surface area (Å²) < 4.78 is 48.2. The normalized spacial score (nSPS) is 16.8. The van der Waals surface area contributed by atoms with Gasteiger partial charge in [-0.2, -0.15) is 13.2 Å². The van der Waals surface area contributed by atoms with Crippen molar-refractivity contribution in [3.05, 3.63) is 59.8 Å². The summed E-state index contributed by atoms with van der Waals surface area (Å²) >= 11 is 1.66. The van der Waals surface area contributed by atoms with E-state index < -0.39 is 11.7 Å². The van der Waals surface area contributed by atoms with Crippen LogP contribution in [-0.4, -0.2) is 15.0 Å². The first-order valence-electron chi connectivity index (χ1n) is 11.4. The van der Waals surface area contributed by atoms with Crippen molar-refractivity contribution < 1.29 is 13.2 Å². The maximum atomic E-state index is 13.7. The maximum absolute atomic E-state index is 13.7. The lowest BCUT2D eigenvalue weighted by atomic mass is 9.86. The number of hydrogen-bond donors (Lipinski definition) is 0. The molecule has 1 aliphatic rings. The molecule has 0 atom stereocenters. The Labute approximate surface area is 198 Å². The third-order valence-electron chi connectivity index (χ3n) is 6.27. The summed E-state index contributed by atoms with van der Waals surface area (Å²) in [6.45, 7) is 11.5. The molecule has 1 fully saturated rings. The van der Waals surface area contributed by atoms with E-state index in [1.807, 2.05) is 19.1 Å². The minimum atomic E-state index is -4.40. The van der Waals surface area contributed by atoms with Crippen molar-refractivity contribution in [3.8, 4) is 11.1 Å². The Morgan fingerprint density at radius 3 is 2.39 bits per heavy atom. The van der Waals surface area contributed by atoms with E-state index in [2.05, 4.69) is 38.5 Å². The predicted molar refractivity (Wildman–Crippen MR) is 134 cm³/mol. The molecule has 1 heterocycles. The Morgan fingerprint density at radius 1 is 1.09 bits per heavy atom. The van der Waals surface area contributed by atoms with Gasteiger partial charge < -0.3 is 4.57 Å². The summed E-state index contributed by atoms with van der Waals surface area (Å²) in [5.74, 6) is 0. The van der Waals surface area contributed by atoms with Gasteiger partial charge in [-0.3, -0.25) is 0 Å². The van der Waals surface area contributed by atoms with Gasteiger partial charge in [0.1, 0.15) is 0 Å². The first-order chi connectivity index (χ1) is 15.4. The molecule has 6 heteroatoms. The highest BCUT2D eigenvalue weighted by Gasteiger charge is 2.34. The smallest absolute Gasteiger partial charge is 0.346 e. The van der Waals surface area contributed by atoms with Crippen LogP contribution in [-0.2, 0) is 12.7 Å². The molecule has 0 unspecified atom stereocenters. The van der Waals surface area contributed by atoms with Crippen LogP contribution in [0.3, 0.4) is 0 Å². The van der Waals surface area contributed by atoms with E-state index in [9.17, 15) is 13.2 Å². The SMILES string of the molecule is CC(=NSC1(C)CCC1)c1cn(CC(C)(C)C)c2cc(-c3ccccc3C(F)(F)F)ccc12. The van der Waals surface area contributed by atoms with Gasteiger partial charge in [-0.05, 0) is 67.3 Å². The van der Waals surface area contributed by atoms with Crippen molar-refractivity contribution in [3.63, 3.8) is 0 Å². The number of alkyl halides is 3. The van der Waals surface area contributed by atoms with Crippen molar-refractivity contribution in [2.45, 2.75) is 71.3 Å². The van der Waals surface area contributed by atoms with Crippen molar-refractivity contribution in [1.82, 2.24) is 4.57 Å². The molecular formula is C27H31F3N2S. The summed E-state index contributed by atoms with van der Waals surface area (Å²) in [5, 5.41) is 1.02. The fourth-order valence-electron chi connectivity index (χ4n) is 4.37. The molecule has 1 saturated carbocycles. The Morgan fingerprint density at radius 2 is 1.79 bits per heavy atom. The first kappa shape index (κ1) is 23.9. The van der Waals surface area contributed by atoms with Gasteiger partial charge >= 0.3 is 6.18 Å². The van der Waals surface area contributed by atoms with Gasteiger partial charge in [0.15, 0.2) is 0 Å². The monoisotopic (exact) mass is 472 g/mol. The van der Waals surface area contributed by atoms with Gasteiger partial charge in [0.25, 0.3) is 0 Å². The predicted octanol–water partition coefficient (Wildman–Crippen LogP) is 8.77. The molecule has 1 aromatic heterocycles. The van der Waals surface area contributed by atoms with Crippen molar-refractivity contribution >= 4 is 28.6 Å². The molecule has 2 aromatic carbocycles. The van der Waals surface area contributed by atoms with E-state index in [-0.39, 0.29) is 15.7 Å². The second kappa shape index (κ2) is 8.53. The van der Waals surface area contributed by atoms with Gasteiger partial charge in [0, 0.05) is 34.0 Å². The molecule has 2 nitrogen and oxygen atoms in total. The van der Waals surface area contributed by atoms with Crippen LogP contribution in [0.15, 0.2) is 53.1 Å². The van der Waals surface area contributed by atoms with Gasteiger partial charge in [0.2, 0.25) is 0 Å². The van der Waals surface area contributed by atoms with Crippen LogP contribution >= 0.6 is 11.9 Å². The molecule has 0 N–H and O–H groups in total. The van der Waals surface area contributed by atoms with Crippen molar-refractivity contribution in [2.24, 2.45) is 9.81 Å². The zero-order valence-electron chi connectivity index (χ0n) is 19.9. The molecule has 4 rings (SSSR count). The number of fused-ring (bicyclic) bond motifs is 1.